The zero-order chi connectivity index (χ0) is 17.1. The van der Waals surface area contributed by atoms with Crippen molar-refractivity contribution in [3.63, 3.8) is 0 Å². The molecule has 1 fully saturated rings. The maximum absolute atomic E-state index is 6.06. The van der Waals surface area contributed by atoms with E-state index in [2.05, 4.69) is 27.0 Å². The van der Waals surface area contributed by atoms with Crippen LogP contribution in [0.5, 0.6) is 0 Å². The molecule has 1 saturated heterocycles. The molecule has 0 atom stereocenters. The Labute approximate surface area is 146 Å². The molecule has 0 saturated carbocycles. The third-order valence-electron chi connectivity index (χ3n) is 4.28. The standard InChI is InChI=1S/C19H19N5O/c20-19-18(23-17(13-22-19)15-2-1-7-21-12-15)14-3-5-16(6-4-14)24-8-10-25-11-9-24/h1-7,12-13H,8-11H2,(H2,20,22). The van der Waals surface area contributed by atoms with Crippen LogP contribution in [0.15, 0.2) is 55.0 Å². The number of rotatable bonds is 3. The van der Waals surface area contributed by atoms with Crippen LogP contribution < -0.4 is 10.6 Å². The minimum Gasteiger partial charge on any atom is -0.382 e. The Morgan fingerprint density at radius 1 is 0.960 bits per heavy atom. The first-order valence-electron chi connectivity index (χ1n) is 8.27. The highest BCUT2D eigenvalue weighted by Gasteiger charge is 2.13. The number of anilines is 2. The number of hydrogen-bond donors (Lipinski definition) is 1. The fourth-order valence-electron chi connectivity index (χ4n) is 2.92. The van der Waals surface area contributed by atoms with E-state index in [0.29, 0.717) is 11.5 Å². The quantitative estimate of drug-likeness (QED) is 0.794. The van der Waals surface area contributed by atoms with E-state index in [9.17, 15) is 0 Å². The van der Waals surface area contributed by atoms with Crippen molar-refractivity contribution in [2.45, 2.75) is 0 Å². The molecule has 2 aromatic heterocycles. The number of benzene rings is 1. The number of morpholine rings is 1. The summed E-state index contributed by atoms with van der Waals surface area (Å²) in [7, 11) is 0. The number of nitrogens with zero attached hydrogens (tertiary/aromatic N) is 4. The van der Waals surface area contributed by atoms with Crippen molar-refractivity contribution >= 4 is 11.5 Å². The number of pyridine rings is 1. The molecule has 126 valence electrons. The van der Waals surface area contributed by atoms with Crippen LogP contribution in [0.2, 0.25) is 0 Å². The topological polar surface area (TPSA) is 77.2 Å². The third-order valence-corrected chi connectivity index (χ3v) is 4.28. The van der Waals surface area contributed by atoms with Crippen molar-refractivity contribution < 1.29 is 4.74 Å². The van der Waals surface area contributed by atoms with E-state index >= 15 is 0 Å². The number of nitrogens with two attached hydrogens (primary N) is 1. The molecule has 3 aromatic rings. The Morgan fingerprint density at radius 2 is 1.76 bits per heavy atom. The highest BCUT2D eigenvalue weighted by molar-refractivity contribution is 5.74. The largest absolute Gasteiger partial charge is 0.382 e. The third kappa shape index (κ3) is 3.29. The molecule has 2 N–H and O–H groups in total. The zero-order valence-electron chi connectivity index (χ0n) is 13.8. The first-order chi connectivity index (χ1) is 12.3. The molecule has 0 spiro atoms. The van der Waals surface area contributed by atoms with Gasteiger partial charge in [0.05, 0.1) is 25.1 Å². The fraction of sp³-hybridized carbons (Fsp3) is 0.211. The van der Waals surface area contributed by atoms with E-state index in [0.717, 1.165) is 43.1 Å². The highest BCUT2D eigenvalue weighted by atomic mass is 16.5. The summed E-state index contributed by atoms with van der Waals surface area (Å²) in [5.74, 6) is 0.423. The van der Waals surface area contributed by atoms with Crippen molar-refractivity contribution in [1.82, 2.24) is 15.0 Å². The predicted molar refractivity (Wildman–Crippen MR) is 98.1 cm³/mol. The monoisotopic (exact) mass is 333 g/mol. The number of nitrogen functional groups attached to an aromatic ring is 1. The highest BCUT2D eigenvalue weighted by Crippen LogP contribution is 2.27. The van der Waals surface area contributed by atoms with Gasteiger partial charge >= 0.3 is 0 Å². The molecule has 4 rings (SSSR count). The van der Waals surface area contributed by atoms with Crippen LogP contribution in [0.3, 0.4) is 0 Å². The van der Waals surface area contributed by atoms with Crippen LogP contribution in [0.1, 0.15) is 0 Å². The van der Waals surface area contributed by atoms with Crippen LogP contribution in [-0.2, 0) is 4.74 Å². The molecule has 25 heavy (non-hydrogen) atoms. The van der Waals surface area contributed by atoms with Gasteiger partial charge in [0.1, 0.15) is 11.5 Å². The molecule has 0 aliphatic carbocycles. The lowest BCUT2D eigenvalue weighted by Gasteiger charge is -2.28. The van der Waals surface area contributed by atoms with Gasteiger partial charge in [-0.3, -0.25) is 4.98 Å². The smallest absolute Gasteiger partial charge is 0.150 e. The lowest BCUT2D eigenvalue weighted by molar-refractivity contribution is 0.122. The van der Waals surface area contributed by atoms with E-state index in [-0.39, 0.29) is 0 Å². The fourth-order valence-corrected chi connectivity index (χ4v) is 2.92. The normalized spacial score (nSPS) is 14.5. The lowest BCUT2D eigenvalue weighted by Crippen LogP contribution is -2.36. The Bertz CT molecular complexity index is 845. The summed E-state index contributed by atoms with van der Waals surface area (Å²) in [4.78, 5) is 15.4. The van der Waals surface area contributed by atoms with Crippen molar-refractivity contribution in [1.29, 1.82) is 0 Å². The van der Waals surface area contributed by atoms with Gasteiger partial charge in [0.2, 0.25) is 0 Å². The van der Waals surface area contributed by atoms with E-state index < -0.39 is 0 Å². The van der Waals surface area contributed by atoms with Gasteiger partial charge in [0.15, 0.2) is 0 Å². The molecule has 0 unspecified atom stereocenters. The van der Waals surface area contributed by atoms with Crippen LogP contribution >= 0.6 is 0 Å². The maximum Gasteiger partial charge on any atom is 0.150 e. The van der Waals surface area contributed by atoms with Gasteiger partial charge in [-0.05, 0) is 24.3 Å². The van der Waals surface area contributed by atoms with E-state index in [1.54, 1.807) is 18.6 Å². The predicted octanol–water partition coefficient (Wildman–Crippen LogP) is 2.62. The molecule has 6 nitrogen and oxygen atoms in total. The molecule has 0 amide bonds. The van der Waals surface area contributed by atoms with Crippen LogP contribution in [0.25, 0.3) is 22.5 Å². The molecular formula is C19H19N5O. The van der Waals surface area contributed by atoms with Gasteiger partial charge in [0, 0.05) is 42.3 Å². The van der Waals surface area contributed by atoms with Gasteiger partial charge in [0.25, 0.3) is 0 Å². The van der Waals surface area contributed by atoms with Gasteiger partial charge in [-0.15, -0.1) is 0 Å². The molecule has 1 aliphatic rings. The summed E-state index contributed by atoms with van der Waals surface area (Å²) in [5, 5.41) is 0. The summed E-state index contributed by atoms with van der Waals surface area (Å²) in [6, 6.07) is 12.1. The Kier molecular flexibility index (Phi) is 4.26. The second-order valence-corrected chi connectivity index (χ2v) is 5.88. The average Bonchev–Trinajstić information content (AvgIpc) is 2.70. The molecular weight excluding hydrogens is 314 g/mol. The summed E-state index contributed by atoms with van der Waals surface area (Å²) in [5.41, 5.74) is 10.6. The van der Waals surface area contributed by atoms with Crippen molar-refractivity contribution in [3.05, 3.63) is 55.0 Å². The van der Waals surface area contributed by atoms with Crippen LogP contribution in [-0.4, -0.2) is 41.3 Å². The maximum atomic E-state index is 6.06. The molecule has 6 heteroatoms. The van der Waals surface area contributed by atoms with E-state index in [1.807, 2.05) is 24.3 Å². The van der Waals surface area contributed by atoms with Crippen molar-refractivity contribution in [2.75, 3.05) is 36.9 Å². The average molecular weight is 333 g/mol. The molecule has 0 bridgehead atoms. The van der Waals surface area contributed by atoms with Gasteiger partial charge in [-0.25, -0.2) is 9.97 Å². The summed E-state index contributed by atoms with van der Waals surface area (Å²) in [6.07, 6.45) is 5.18. The van der Waals surface area contributed by atoms with Crippen LogP contribution in [0.4, 0.5) is 11.5 Å². The number of hydrogen-bond acceptors (Lipinski definition) is 6. The Hall–Kier alpha value is -2.99. The number of aromatic nitrogens is 3. The summed E-state index contributed by atoms with van der Waals surface area (Å²) < 4.78 is 5.40. The second-order valence-electron chi connectivity index (χ2n) is 5.88. The minimum absolute atomic E-state index is 0.423. The van der Waals surface area contributed by atoms with Gasteiger partial charge < -0.3 is 15.4 Å². The molecule has 0 radical (unpaired) electrons. The SMILES string of the molecule is Nc1ncc(-c2cccnc2)nc1-c1ccc(N2CCOCC2)cc1. The Morgan fingerprint density at radius 3 is 2.48 bits per heavy atom. The van der Waals surface area contributed by atoms with Crippen molar-refractivity contribution in [2.24, 2.45) is 0 Å². The summed E-state index contributed by atoms with van der Waals surface area (Å²) >= 11 is 0. The first-order valence-corrected chi connectivity index (χ1v) is 8.27. The van der Waals surface area contributed by atoms with E-state index in [4.69, 9.17) is 15.5 Å². The van der Waals surface area contributed by atoms with E-state index in [1.165, 1.54) is 5.69 Å². The van der Waals surface area contributed by atoms with Crippen LogP contribution in [0, 0.1) is 0 Å². The lowest BCUT2D eigenvalue weighted by atomic mass is 10.1. The Balaban J connectivity index is 1.65. The molecule has 1 aliphatic heterocycles. The summed E-state index contributed by atoms with van der Waals surface area (Å²) in [6.45, 7) is 3.37. The zero-order valence-corrected chi connectivity index (χ0v) is 13.8. The van der Waals surface area contributed by atoms with Gasteiger partial charge in [-0.1, -0.05) is 12.1 Å². The van der Waals surface area contributed by atoms with Crippen molar-refractivity contribution in [3.8, 4) is 22.5 Å². The minimum atomic E-state index is 0.423. The second kappa shape index (κ2) is 6.86. The molecule has 3 heterocycles. The first kappa shape index (κ1) is 15.5. The molecule has 1 aromatic carbocycles. The number of ether oxygens (including phenoxy) is 1. The van der Waals surface area contributed by atoms with Gasteiger partial charge in [-0.2, -0.15) is 0 Å².